The first-order chi connectivity index (χ1) is 8.04. The van der Waals surface area contributed by atoms with E-state index in [0.717, 1.165) is 24.3 Å². The molecule has 1 fully saturated rings. The van der Waals surface area contributed by atoms with Crippen molar-refractivity contribution in [2.24, 2.45) is 11.3 Å². The summed E-state index contributed by atoms with van der Waals surface area (Å²) in [6.07, 6.45) is 7.53. The third-order valence-electron chi connectivity index (χ3n) is 3.87. The van der Waals surface area contributed by atoms with Gasteiger partial charge in [0, 0.05) is 24.1 Å². The predicted molar refractivity (Wildman–Crippen MR) is 80.7 cm³/mol. The standard InChI is InChI=1S/C15H29NS/c1-5-11-17-12-10-16-14-8-6-13(7-9-14)15(2,3)4/h5,13-14,16H,1,6-12H2,2-4H3. The third-order valence-corrected chi connectivity index (χ3v) is 4.83. The number of thioether (sulfide) groups is 1. The fourth-order valence-electron chi connectivity index (χ4n) is 2.67. The van der Waals surface area contributed by atoms with Crippen molar-refractivity contribution >= 4 is 11.8 Å². The Labute approximate surface area is 112 Å². The molecule has 0 aromatic heterocycles. The average Bonchev–Trinajstić information content (AvgIpc) is 2.28. The van der Waals surface area contributed by atoms with E-state index >= 15 is 0 Å². The average molecular weight is 255 g/mol. The van der Waals surface area contributed by atoms with Crippen molar-refractivity contribution in [3.8, 4) is 0 Å². The lowest BCUT2D eigenvalue weighted by atomic mass is 9.71. The molecule has 0 amide bonds. The summed E-state index contributed by atoms with van der Waals surface area (Å²) < 4.78 is 0. The van der Waals surface area contributed by atoms with Crippen molar-refractivity contribution in [2.45, 2.75) is 52.5 Å². The number of hydrogen-bond acceptors (Lipinski definition) is 2. The first-order valence-corrected chi connectivity index (χ1v) is 8.11. The molecule has 0 aliphatic heterocycles. The lowest BCUT2D eigenvalue weighted by Gasteiger charge is -2.37. The highest BCUT2D eigenvalue weighted by Crippen LogP contribution is 2.37. The zero-order valence-electron chi connectivity index (χ0n) is 11.8. The molecule has 0 heterocycles. The van der Waals surface area contributed by atoms with Gasteiger partial charge in [-0.2, -0.15) is 11.8 Å². The van der Waals surface area contributed by atoms with Gasteiger partial charge < -0.3 is 5.32 Å². The molecule has 1 aliphatic carbocycles. The quantitative estimate of drug-likeness (QED) is 0.566. The maximum atomic E-state index is 3.74. The van der Waals surface area contributed by atoms with Crippen LogP contribution in [0.2, 0.25) is 0 Å². The van der Waals surface area contributed by atoms with Crippen LogP contribution < -0.4 is 5.32 Å². The normalized spacial score (nSPS) is 25.8. The molecule has 0 bridgehead atoms. The minimum atomic E-state index is 0.505. The van der Waals surface area contributed by atoms with Gasteiger partial charge in [0.15, 0.2) is 0 Å². The van der Waals surface area contributed by atoms with Crippen molar-refractivity contribution in [1.82, 2.24) is 5.32 Å². The first kappa shape index (κ1) is 15.1. The number of hydrogen-bond donors (Lipinski definition) is 1. The van der Waals surface area contributed by atoms with Crippen LogP contribution in [0.1, 0.15) is 46.5 Å². The summed E-state index contributed by atoms with van der Waals surface area (Å²) >= 11 is 1.97. The molecule has 1 nitrogen and oxygen atoms in total. The van der Waals surface area contributed by atoms with Gasteiger partial charge in [-0.05, 0) is 37.0 Å². The minimum absolute atomic E-state index is 0.505. The molecule has 0 saturated heterocycles. The lowest BCUT2D eigenvalue weighted by molar-refractivity contribution is 0.161. The zero-order chi connectivity index (χ0) is 12.7. The molecule has 1 rings (SSSR count). The number of nitrogens with one attached hydrogen (secondary N) is 1. The van der Waals surface area contributed by atoms with Crippen molar-refractivity contribution in [2.75, 3.05) is 18.1 Å². The second kappa shape index (κ2) is 7.48. The molecule has 0 aromatic rings. The van der Waals surface area contributed by atoms with Crippen molar-refractivity contribution < 1.29 is 0 Å². The Morgan fingerprint density at radius 2 is 1.88 bits per heavy atom. The van der Waals surface area contributed by atoms with Crippen LogP contribution in [0.3, 0.4) is 0 Å². The van der Waals surface area contributed by atoms with E-state index in [-0.39, 0.29) is 0 Å². The molecule has 0 radical (unpaired) electrons. The topological polar surface area (TPSA) is 12.0 Å². The molecule has 0 spiro atoms. The SMILES string of the molecule is C=CCSCCNC1CCC(C(C)(C)C)CC1. The summed E-state index contributed by atoms with van der Waals surface area (Å²) in [5.41, 5.74) is 0.505. The maximum Gasteiger partial charge on any atom is 0.0111 e. The number of rotatable bonds is 6. The van der Waals surface area contributed by atoms with Crippen molar-refractivity contribution in [3.05, 3.63) is 12.7 Å². The Morgan fingerprint density at radius 3 is 2.41 bits per heavy atom. The van der Waals surface area contributed by atoms with Crippen molar-refractivity contribution in [3.63, 3.8) is 0 Å². The van der Waals surface area contributed by atoms with Crippen LogP contribution in [0.4, 0.5) is 0 Å². The van der Waals surface area contributed by atoms with E-state index in [1.807, 2.05) is 17.8 Å². The van der Waals surface area contributed by atoms with E-state index in [1.54, 1.807) is 0 Å². The van der Waals surface area contributed by atoms with Gasteiger partial charge in [-0.3, -0.25) is 0 Å². The highest BCUT2D eigenvalue weighted by molar-refractivity contribution is 7.99. The molecule has 0 unspecified atom stereocenters. The first-order valence-electron chi connectivity index (χ1n) is 6.96. The highest BCUT2D eigenvalue weighted by Gasteiger charge is 2.29. The van der Waals surface area contributed by atoms with Gasteiger partial charge >= 0.3 is 0 Å². The lowest BCUT2D eigenvalue weighted by Crippen LogP contribution is -2.37. The monoisotopic (exact) mass is 255 g/mol. The second-order valence-electron chi connectivity index (χ2n) is 6.23. The Morgan fingerprint density at radius 1 is 1.24 bits per heavy atom. The maximum absolute atomic E-state index is 3.74. The van der Waals surface area contributed by atoms with E-state index in [2.05, 4.69) is 32.7 Å². The van der Waals surface area contributed by atoms with Gasteiger partial charge in [0.2, 0.25) is 0 Å². The van der Waals surface area contributed by atoms with Crippen molar-refractivity contribution in [1.29, 1.82) is 0 Å². The van der Waals surface area contributed by atoms with Crippen LogP contribution in [0, 0.1) is 11.3 Å². The van der Waals surface area contributed by atoms with Gasteiger partial charge in [0.25, 0.3) is 0 Å². The molecule has 0 aromatic carbocycles. The second-order valence-corrected chi connectivity index (χ2v) is 7.38. The Kier molecular flexibility index (Phi) is 6.65. The van der Waals surface area contributed by atoms with Crippen LogP contribution in [-0.4, -0.2) is 24.1 Å². The molecule has 17 heavy (non-hydrogen) atoms. The van der Waals surface area contributed by atoms with Crippen LogP contribution in [0.15, 0.2) is 12.7 Å². The van der Waals surface area contributed by atoms with E-state index in [4.69, 9.17) is 0 Å². The molecular formula is C15H29NS. The Balaban J connectivity index is 2.09. The third kappa shape index (κ3) is 5.96. The molecule has 0 atom stereocenters. The summed E-state index contributed by atoms with van der Waals surface area (Å²) in [5, 5.41) is 3.70. The van der Waals surface area contributed by atoms with E-state index in [0.29, 0.717) is 5.41 Å². The molecule has 100 valence electrons. The van der Waals surface area contributed by atoms with Crippen LogP contribution in [0.5, 0.6) is 0 Å². The highest BCUT2D eigenvalue weighted by atomic mass is 32.2. The summed E-state index contributed by atoms with van der Waals surface area (Å²) in [6, 6.07) is 0.776. The fourth-order valence-corrected chi connectivity index (χ4v) is 3.26. The molecular weight excluding hydrogens is 226 g/mol. The van der Waals surface area contributed by atoms with E-state index < -0.39 is 0 Å². The summed E-state index contributed by atoms with van der Waals surface area (Å²) in [4.78, 5) is 0. The summed E-state index contributed by atoms with van der Waals surface area (Å²) in [7, 11) is 0. The summed E-state index contributed by atoms with van der Waals surface area (Å²) in [6.45, 7) is 12.1. The Hall–Kier alpha value is 0.0500. The van der Waals surface area contributed by atoms with Gasteiger partial charge in [-0.1, -0.05) is 26.8 Å². The van der Waals surface area contributed by atoms with Crippen LogP contribution in [-0.2, 0) is 0 Å². The molecule has 1 saturated carbocycles. The molecule has 1 aliphatic rings. The van der Waals surface area contributed by atoms with Gasteiger partial charge in [-0.15, -0.1) is 6.58 Å². The minimum Gasteiger partial charge on any atom is -0.313 e. The largest absolute Gasteiger partial charge is 0.313 e. The smallest absolute Gasteiger partial charge is 0.0111 e. The van der Waals surface area contributed by atoms with E-state index in [9.17, 15) is 0 Å². The van der Waals surface area contributed by atoms with Gasteiger partial charge in [0.1, 0.15) is 0 Å². The molecule has 1 N–H and O–H groups in total. The van der Waals surface area contributed by atoms with Crippen LogP contribution in [0.25, 0.3) is 0 Å². The summed E-state index contributed by atoms with van der Waals surface area (Å²) in [5.74, 6) is 3.22. The van der Waals surface area contributed by atoms with Gasteiger partial charge in [-0.25, -0.2) is 0 Å². The molecule has 2 heteroatoms. The van der Waals surface area contributed by atoms with E-state index in [1.165, 1.54) is 31.4 Å². The predicted octanol–water partition coefficient (Wildman–Crippen LogP) is 4.10. The van der Waals surface area contributed by atoms with Crippen LogP contribution >= 0.6 is 11.8 Å². The zero-order valence-corrected chi connectivity index (χ0v) is 12.6. The Bertz CT molecular complexity index is 211. The van der Waals surface area contributed by atoms with Gasteiger partial charge in [0.05, 0.1) is 0 Å². The fraction of sp³-hybridized carbons (Fsp3) is 0.867.